The van der Waals surface area contributed by atoms with Crippen molar-refractivity contribution in [2.75, 3.05) is 40.4 Å². The maximum absolute atomic E-state index is 15.0. The smallest absolute Gasteiger partial charge is 0.354 e. The highest BCUT2D eigenvalue weighted by Crippen LogP contribution is 2.42. The van der Waals surface area contributed by atoms with E-state index in [0.29, 0.717) is 54.7 Å². The van der Waals surface area contributed by atoms with E-state index in [4.69, 9.17) is 26.7 Å². The minimum absolute atomic E-state index is 0.0174. The summed E-state index contributed by atoms with van der Waals surface area (Å²) in [6, 6.07) is 14.3. The Morgan fingerprint density at radius 2 is 1.88 bits per heavy atom. The standard InChI is InChI=1S/C52H61FN7O7SSi/c1-9-43(61)58-20-17-35(28-58)48(63)57(7)45(31(3)4)47(62)55-52(69)25-32-21-33(27-53)23-36(22-32)34-15-16-41-38(24-34)39(46(59(41)10-2)37-13-11-18-54-44(37)42(29-68)66-8)26-51(5,6)30-67-49(64)40-14-12-19-60(56-40)50(52)65/h9,11,13,15-16,18,21-24,29,31,35,42,45H,1,10,12,14,17,19-20,25-28,30H2,2-8H3,(H,55,62)/t35-,42-,45-,52+/m0/s1. The third-order valence-corrected chi connectivity index (χ3v) is 14.1. The maximum Gasteiger partial charge on any atom is 0.354 e. The predicted octanol–water partition coefficient (Wildman–Crippen LogP) is 6.69. The molecule has 3 aliphatic heterocycles. The molecule has 4 amide bonds. The highest BCUT2D eigenvalue weighted by molar-refractivity contribution is 7.79. The molecule has 14 nitrogen and oxygen atoms in total. The lowest BCUT2D eigenvalue weighted by atomic mass is 9.84. The van der Waals surface area contributed by atoms with Crippen LogP contribution in [0.15, 0.2) is 72.5 Å². The van der Waals surface area contributed by atoms with Crippen LogP contribution >= 0.6 is 12.2 Å². The number of hydrogen-bond acceptors (Lipinski definition) is 10. The number of benzene rings is 2. The number of likely N-dealkylation sites (N-methyl/N-ethyl adjacent to an activating group) is 1. The topological polar surface area (TPSA) is 156 Å². The normalized spacial score (nSPS) is 20.4. The van der Waals surface area contributed by atoms with Crippen molar-refractivity contribution in [3.63, 3.8) is 0 Å². The summed E-state index contributed by atoms with van der Waals surface area (Å²) < 4.78 is 29.1. The van der Waals surface area contributed by atoms with Gasteiger partial charge in [-0.1, -0.05) is 64.7 Å². The van der Waals surface area contributed by atoms with Crippen LogP contribution in [0.25, 0.3) is 33.3 Å². The minimum Gasteiger partial charge on any atom is -0.461 e. The number of pyridine rings is 1. The van der Waals surface area contributed by atoms with E-state index in [9.17, 15) is 19.2 Å². The number of hydrogen-bond donors (Lipinski definition) is 1. The Labute approximate surface area is 412 Å². The fourth-order valence-corrected chi connectivity index (χ4v) is 10.7. The number of aryl methyl sites for hydroxylation is 1. The molecule has 0 aliphatic carbocycles. The van der Waals surface area contributed by atoms with Crippen molar-refractivity contribution in [2.45, 2.75) is 97.3 Å². The van der Waals surface area contributed by atoms with Crippen LogP contribution in [0.3, 0.4) is 0 Å². The summed E-state index contributed by atoms with van der Waals surface area (Å²) in [5.74, 6) is -3.49. The highest BCUT2D eigenvalue weighted by Gasteiger charge is 2.44. The number of nitrogens with zero attached hydrogens (tertiary/aromatic N) is 6. The number of carbonyl (C=O) groups excluding carboxylic acids is 5. The van der Waals surface area contributed by atoms with Gasteiger partial charge in [-0.05, 0) is 96.3 Å². The molecule has 17 heteroatoms. The minimum atomic E-state index is -1.90. The first-order valence-electron chi connectivity index (χ1n) is 23.5. The lowest BCUT2D eigenvalue weighted by molar-refractivity contribution is -0.145. The number of thiocarbonyl (C=S) groups is 1. The molecule has 1 N–H and O–H groups in total. The number of fused-ring (bicyclic) bond motifs is 5. The number of likely N-dealkylation sites (tertiary alicyclic amines) is 1. The van der Waals surface area contributed by atoms with Crippen LogP contribution in [0.1, 0.15) is 82.4 Å². The number of halogens is 1. The van der Waals surface area contributed by atoms with Crippen LogP contribution in [0.4, 0.5) is 4.39 Å². The van der Waals surface area contributed by atoms with Gasteiger partial charge in [0.25, 0.3) is 5.91 Å². The SMILES string of the molecule is C=CC(=O)N1CC[C@H](C(=O)N(C)[C@H](C(=O)N[C@@]2([Si])Cc3cc(CF)cc(c3)-c3ccc4c(c3)c(c(-c3cccnc3[C@H](C=S)OC)n4CC)CC(C)(C)COC(=O)C3=NN(CCC3)C2=O)C(C)C)C1. The Balaban J connectivity index is 1.37. The number of nitrogens with one attached hydrogen (secondary N) is 1. The van der Waals surface area contributed by atoms with Gasteiger partial charge in [0.2, 0.25) is 17.7 Å². The molecule has 2 aromatic heterocycles. The molecule has 2 aromatic carbocycles. The number of esters is 1. The van der Waals surface area contributed by atoms with Crippen LogP contribution in [0, 0.1) is 17.3 Å². The maximum atomic E-state index is 15.0. The van der Waals surface area contributed by atoms with Crippen LogP contribution in [-0.2, 0) is 59.5 Å². The van der Waals surface area contributed by atoms with Gasteiger partial charge in [0.1, 0.15) is 29.7 Å². The van der Waals surface area contributed by atoms with Crippen molar-refractivity contribution in [1.29, 1.82) is 0 Å². The Morgan fingerprint density at radius 3 is 2.57 bits per heavy atom. The van der Waals surface area contributed by atoms with Crippen LogP contribution in [-0.4, -0.2) is 127 Å². The molecule has 5 heterocycles. The summed E-state index contributed by atoms with van der Waals surface area (Å²) in [5, 5.41) is 9.26. The average Bonchev–Trinajstić information content (AvgIpc) is 3.95. The van der Waals surface area contributed by atoms with Gasteiger partial charge in [-0.25, -0.2) is 14.2 Å². The zero-order valence-corrected chi connectivity index (χ0v) is 42.3. The number of rotatable bonds is 12. The van der Waals surface area contributed by atoms with E-state index in [2.05, 4.69) is 44.8 Å². The van der Waals surface area contributed by atoms with E-state index < -0.39 is 59.0 Å². The molecule has 4 aromatic rings. The molecule has 0 unspecified atom stereocenters. The molecule has 1 fully saturated rings. The van der Waals surface area contributed by atoms with E-state index in [1.165, 1.54) is 16.0 Å². The van der Waals surface area contributed by atoms with Gasteiger partial charge < -0.3 is 29.2 Å². The number of aromatic nitrogens is 2. The molecule has 363 valence electrons. The van der Waals surface area contributed by atoms with E-state index in [-0.39, 0.29) is 50.1 Å². The molecular formula is C52H61FN7O7SSi. The first-order valence-corrected chi connectivity index (χ1v) is 24.4. The van der Waals surface area contributed by atoms with Gasteiger partial charge in [0.15, 0.2) is 0 Å². The van der Waals surface area contributed by atoms with Gasteiger partial charge in [0.05, 0.1) is 34.2 Å². The van der Waals surface area contributed by atoms with Gasteiger partial charge in [-0.3, -0.25) is 24.2 Å². The van der Waals surface area contributed by atoms with Gasteiger partial charge in [-0.15, -0.1) is 0 Å². The van der Waals surface area contributed by atoms with Crippen LogP contribution in [0.2, 0.25) is 0 Å². The largest absolute Gasteiger partial charge is 0.461 e. The second-order valence-electron chi connectivity index (χ2n) is 19.4. The molecule has 4 atom stereocenters. The second kappa shape index (κ2) is 21.0. The summed E-state index contributed by atoms with van der Waals surface area (Å²) in [7, 11) is 6.91. The third-order valence-electron chi connectivity index (χ3n) is 13.4. The molecule has 3 aliphatic rings. The lowest BCUT2D eigenvalue weighted by Gasteiger charge is -2.38. The van der Waals surface area contributed by atoms with Crippen molar-refractivity contribution in [3.05, 3.63) is 89.8 Å². The number of alkyl halides is 1. The summed E-state index contributed by atoms with van der Waals surface area (Å²) >= 11 is 5.41. The Bertz CT molecular complexity index is 2720. The van der Waals surface area contributed by atoms with Gasteiger partial charge in [0, 0.05) is 86.6 Å². The number of amides is 4. The lowest BCUT2D eigenvalue weighted by Crippen LogP contribution is -2.65. The van der Waals surface area contributed by atoms with E-state index in [1.807, 2.05) is 44.2 Å². The molecule has 0 saturated carbocycles. The number of cyclic esters (lactones) is 1. The zero-order valence-electron chi connectivity index (χ0n) is 40.5. The molecule has 6 bridgehead atoms. The molecule has 1 saturated heterocycles. The van der Waals surface area contributed by atoms with Crippen molar-refractivity contribution in [3.8, 4) is 22.4 Å². The summed E-state index contributed by atoms with van der Waals surface area (Å²) in [6.07, 6.45) is 3.72. The van der Waals surface area contributed by atoms with Crippen molar-refractivity contribution >= 4 is 74.0 Å². The van der Waals surface area contributed by atoms with Gasteiger partial charge >= 0.3 is 5.97 Å². The number of hydrazone groups is 1. The average molecular weight is 975 g/mol. The molecule has 69 heavy (non-hydrogen) atoms. The zero-order chi connectivity index (χ0) is 49.9. The van der Waals surface area contributed by atoms with Gasteiger partial charge in [-0.2, -0.15) is 5.10 Å². The number of methoxy groups -OCH3 is 1. The van der Waals surface area contributed by atoms with Crippen LogP contribution < -0.4 is 5.32 Å². The molecule has 0 spiro atoms. The van der Waals surface area contributed by atoms with E-state index in [1.54, 1.807) is 56.6 Å². The predicted molar refractivity (Wildman–Crippen MR) is 268 cm³/mol. The van der Waals surface area contributed by atoms with Crippen molar-refractivity contribution in [1.82, 2.24) is 29.7 Å². The van der Waals surface area contributed by atoms with Crippen molar-refractivity contribution < 1.29 is 37.8 Å². The highest BCUT2D eigenvalue weighted by atomic mass is 32.1. The van der Waals surface area contributed by atoms with E-state index in [0.717, 1.165) is 33.3 Å². The fourth-order valence-electron chi connectivity index (χ4n) is 10.0. The molecule has 3 radical (unpaired) electrons. The Kier molecular flexibility index (Phi) is 15.5. The summed E-state index contributed by atoms with van der Waals surface area (Å²) in [4.78, 5) is 77.8. The third kappa shape index (κ3) is 10.5. The molecular weight excluding hydrogens is 914 g/mol. The summed E-state index contributed by atoms with van der Waals surface area (Å²) in [6.45, 7) is 13.8. The Hall–Kier alpha value is -5.91. The molecule has 7 rings (SSSR count). The van der Waals surface area contributed by atoms with E-state index >= 15 is 9.18 Å². The number of carbonyl (C=O) groups is 5. The number of ether oxygens (including phenoxy) is 2. The monoisotopic (exact) mass is 974 g/mol. The fraction of sp³-hybridized carbons (Fsp3) is 0.462. The first kappa shape index (κ1) is 51.0. The van der Waals surface area contributed by atoms with Crippen LogP contribution in [0.5, 0.6) is 0 Å². The summed E-state index contributed by atoms with van der Waals surface area (Å²) in [5.41, 5.74) is 6.13. The quantitative estimate of drug-likeness (QED) is 0.0708. The first-order chi connectivity index (χ1) is 32.9. The Morgan fingerprint density at radius 1 is 1.12 bits per heavy atom. The second-order valence-corrected chi connectivity index (χ2v) is 20.5. The van der Waals surface area contributed by atoms with Crippen molar-refractivity contribution in [2.24, 2.45) is 22.4 Å².